The second kappa shape index (κ2) is 3.29. The van der Waals surface area contributed by atoms with Crippen LogP contribution in [0.4, 0.5) is 0 Å². The lowest BCUT2D eigenvalue weighted by Gasteiger charge is -2.27. The second-order valence-corrected chi connectivity index (χ2v) is 3.10. The van der Waals surface area contributed by atoms with E-state index < -0.39 is 0 Å². The van der Waals surface area contributed by atoms with Gasteiger partial charge in [0.25, 0.3) is 0 Å². The number of aromatic nitrogens is 1. The van der Waals surface area contributed by atoms with Gasteiger partial charge < -0.3 is 10.1 Å². The van der Waals surface area contributed by atoms with Crippen LogP contribution in [0.3, 0.4) is 0 Å². The van der Waals surface area contributed by atoms with Crippen LogP contribution in [-0.2, 0) is 0 Å². The third-order valence-electron chi connectivity index (χ3n) is 1.75. The predicted molar refractivity (Wildman–Crippen MR) is 46.5 cm³/mol. The normalized spacial score (nSPS) is 17.1. The van der Waals surface area contributed by atoms with E-state index in [0.717, 1.165) is 18.8 Å². The van der Waals surface area contributed by atoms with E-state index in [-0.39, 0.29) is 0 Å². The van der Waals surface area contributed by atoms with E-state index in [9.17, 15) is 0 Å². The van der Waals surface area contributed by atoms with E-state index in [1.807, 2.05) is 6.07 Å². The molecule has 3 nitrogen and oxygen atoms in total. The molecule has 1 aliphatic rings. The molecule has 1 aliphatic heterocycles. The number of hydrogen-bond donors (Lipinski definition) is 1. The average Bonchev–Trinajstić information content (AvgIpc) is 2.00. The van der Waals surface area contributed by atoms with Gasteiger partial charge in [0.2, 0.25) is 0 Å². The molecule has 1 saturated heterocycles. The second-order valence-electron chi connectivity index (χ2n) is 2.71. The largest absolute Gasteiger partial charge is 0.486 e. The molecule has 2 heterocycles. The molecule has 4 heteroatoms. The van der Waals surface area contributed by atoms with E-state index in [4.69, 9.17) is 16.3 Å². The summed E-state index contributed by atoms with van der Waals surface area (Å²) in [6, 6.07) is 3.55. The molecular formula is C8H9ClN2O. The Bertz CT molecular complexity index is 258. The van der Waals surface area contributed by atoms with Crippen LogP contribution in [0, 0.1) is 0 Å². The Morgan fingerprint density at radius 3 is 2.83 bits per heavy atom. The van der Waals surface area contributed by atoms with Crippen LogP contribution < -0.4 is 10.1 Å². The van der Waals surface area contributed by atoms with Crippen LogP contribution in [-0.4, -0.2) is 24.2 Å². The van der Waals surface area contributed by atoms with E-state index >= 15 is 0 Å². The molecule has 1 fully saturated rings. The Morgan fingerprint density at radius 2 is 2.33 bits per heavy atom. The molecule has 1 aromatic rings. The highest BCUT2D eigenvalue weighted by molar-refractivity contribution is 6.29. The number of nitrogens with one attached hydrogen (secondary N) is 1. The number of halogens is 1. The first kappa shape index (κ1) is 7.83. The fourth-order valence-corrected chi connectivity index (χ4v) is 1.08. The van der Waals surface area contributed by atoms with Crippen molar-refractivity contribution >= 4 is 11.6 Å². The summed E-state index contributed by atoms with van der Waals surface area (Å²) in [6.07, 6.45) is 1.94. The van der Waals surface area contributed by atoms with Gasteiger partial charge in [-0.1, -0.05) is 11.6 Å². The quantitative estimate of drug-likeness (QED) is 0.699. The SMILES string of the molecule is Clc1ccc(OC2CNC2)cn1. The first-order valence-electron chi connectivity index (χ1n) is 3.83. The van der Waals surface area contributed by atoms with Crippen molar-refractivity contribution in [1.29, 1.82) is 0 Å². The van der Waals surface area contributed by atoms with Gasteiger partial charge in [0.15, 0.2) is 0 Å². The van der Waals surface area contributed by atoms with E-state index in [0.29, 0.717) is 11.3 Å². The topological polar surface area (TPSA) is 34.1 Å². The molecular weight excluding hydrogens is 176 g/mol. The lowest BCUT2D eigenvalue weighted by Crippen LogP contribution is -2.50. The third-order valence-corrected chi connectivity index (χ3v) is 1.97. The molecule has 0 saturated carbocycles. The first-order chi connectivity index (χ1) is 5.84. The molecule has 0 aliphatic carbocycles. The molecule has 0 aromatic carbocycles. The number of pyridine rings is 1. The van der Waals surface area contributed by atoms with Gasteiger partial charge in [-0.15, -0.1) is 0 Å². The number of nitrogens with zero attached hydrogens (tertiary/aromatic N) is 1. The van der Waals surface area contributed by atoms with Gasteiger partial charge in [-0.3, -0.25) is 0 Å². The van der Waals surface area contributed by atoms with Crippen LogP contribution in [0.2, 0.25) is 5.15 Å². The first-order valence-corrected chi connectivity index (χ1v) is 4.21. The summed E-state index contributed by atoms with van der Waals surface area (Å²) in [5.41, 5.74) is 0. The summed E-state index contributed by atoms with van der Waals surface area (Å²) < 4.78 is 5.52. The maximum absolute atomic E-state index is 5.62. The number of rotatable bonds is 2. The monoisotopic (exact) mass is 184 g/mol. The van der Waals surface area contributed by atoms with Gasteiger partial charge in [0.05, 0.1) is 6.20 Å². The number of ether oxygens (including phenoxy) is 1. The third kappa shape index (κ3) is 1.68. The van der Waals surface area contributed by atoms with Gasteiger partial charge in [-0.05, 0) is 12.1 Å². The standard InChI is InChI=1S/C8H9ClN2O/c9-8-2-1-6(5-11-8)12-7-3-10-4-7/h1-2,5,7,10H,3-4H2. The summed E-state index contributed by atoms with van der Waals surface area (Å²) in [5, 5.41) is 3.62. The van der Waals surface area contributed by atoms with Crippen molar-refractivity contribution in [2.75, 3.05) is 13.1 Å². The molecule has 1 aromatic heterocycles. The minimum Gasteiger partial charge on any atom is -0.486 e. The maximum Gasteiger partial charge on any atom is 0.138 e. The molecule has 0 amide bonds. The molecule has 64 valence electrons. The highest BCUT2D eigenvalue weighted by atomic mass is 35.5. The summed E-state index contributed by atoms with van der Waals surface area (Å²) in [7, 11) is 0. The maximum atomic E-state index is 5.62. The zero-order valence-electron chi connectivity index (χ0n) is 6.46. The zero-order valence-corrected chi connectivity index (χ0v) is 7.21. The van der Waals surface area contributed by atoms with E-state index in [2.05, 4.69) is 10.3 Å². The van der Waals surface area contributed by atoms with E-state index in [1.165, 1.54) is 0 Å². The fraction of sp³-hybridized carbons (Fsp3) is 0.375. The zero-order chi connectivity index (χ0) is 8.39. The average molecular weight is 185 g/mol. The summed E-state index contributed by atoms with van der Waals surface area (Å²) >= 11 is 5.62. The van der Waals surface area contributed by atoms with Gasteiger partial charge in [-0.25, -0.2) is 4.98 Å². The lowest BCUT2D eigenvalue weighted by atomic mass is 10.2. The fourth-order valence-electron chi connectivity index (χ4n) is 0.970. The van der Waals surface area contributed by atoms with Crippen LogP contribution in [0.5, 0.6) is 5.75 Å². The van der Waals surface area contributed by atoms with Crippen molar-refractivity contribution in [3.8, 4) is 5.75 Å². The Balaban J connectivity index is 1.98. The molecule has 0 spiro atoms. The molecule has 0 bridgehead atoms. The van der Waals surface area contributed by atoms with Crippen molar-refractivity contribution in [3.05, 3.63) is 23.5 Å². The Hall–Kier alpha value is -0.800. The minimum absolute atomic E-state index is 0.299. The minimum atomic E-state index is 0.299. The summed E-state index contributed by atoms with van der Waals surface area (Å²) in [6.45, 7) is 1.84. The summed E-state index contributed by atoms with van der Waals surface area (Å²) in [4.78, 5) is 3.91. The van der Waals surface area contributed by atoms with Gasteiger partial charge in [0, 0.05) is 13.1 Å². The Kier molecular flexibility index (Phi) is 2.15. The molecule has 0 radical (unpaired) electrons. The molecule has 2 rings (SSSR count). The van der Waals surface area contributed by atoms with Gasteiger partial charge in [0.1, 0.15) is 17.0 Å². The van der Waals surface area contributed by atoms with Crippen LogP contribution in [0.15, 0.2) is 18.3 Å². The smallest absolute Gasteiger partial charge is 0.138 e. The lowest BCUT2D eigenvalue weighted by molar-refractivity contribution is 0.142. The molecule has 1 N–H and O–H groups in total. The van der Waals surface area contributed by atoms with Crippen molar-refractivity contribution in [2.24, 2.45) is 0 Å². The van der Waals surface area contributed by atoms with Crippen molar-refractivity contribution in [2.45, 2.75) is 6.10 Å². The van der Waals surface area contributed by atoms with Crippen molar-refractivity contribution in [3.63, 3.8) is 0 Å². The molecule has 12 heavy (non-hydrogen) atoms. The van der Waals surface area contributed by atoms with Crippen LogP contribution in [0.25, 0.3) is 0 Å². The molecule has 0 atom stereocenters. The van der Waals surface area contributed by atoms with Gasteiger partial charge >= 0.3 is 0 Å². The Labute approximate surface area is 75.7 Å². The van der Waals surface area contributed by atoms with E-state index in [1.54, 1.807) is 12.3 Å². The highest BCUT2D eigenvalue weighted by Gasteiger charge is 2.17. The molecule has 0 unspecified atom stereocenters. The van der Waals surface area contributed by atoms with Gasteiger partial charge in [-0.2, -0.15) is 0 Å². The van der Waals surface area contributed by atoms with Crippen molar-refractivity contribution < 1.29 is 4.74 Å². The number of hydrogen-bond acceptors (Lipinski definition) is 3. The van der Waals surface area contributed by atoms with Crippen LogP contribution in [0.1, 0.15) is 0 Å². The predicted octanol–water partition coefficient (Wildman–Crippen LogP) is 1.09. The highest BCUT2D eigenvalue weighted by Crippen LogP contribution is 2.14. The van der Waals surface area contributed by atoms with Crippen molar-refractivity contribution in [1.82, 2.24) is 10.3 Å². The Morgan fingerprint density at radius 1 is 1.50 bits per heavy atom. The summed E-state index contributed by atoms with van der Waals surface area (Å²) in [5.74, 6) is 0.783. The van der Waals surface area contributed by atoms with Crippen LogP contribution >= 0.6 is 11.6 Å².